The van der Waals surface area contributed by atoms with Gasteiger partial charge in [-0.05, 0) is 27.7 Å². The highest BCUT2D eigenvalue weighted by Crippen LogP contribution is 2.25. The lowest BCUT2D eigenvalue weighted by Gasteiger charge is -2.35. The molecule has 0 aromatic rings. The van der Waals surface area contributed by atoms with Gasteiger partial charge in [-0.2, -0.15) is 11.1 Å². The Bertz CT molecular complexity index is 526. The van der Waals surface area contributed by atoms with Gasteiger partial charge in [-0.15, -0.1) is 0 Å². The van der Waals surface area contributed by atoms with Crippen LogP contribution in [-0.2, 0) is 28.6 Å². The summed E-state index contributed by atoms with van der Waals surface area (Å²) in [7, 11) is -1.85. The summed E-state index contributed by atoms with van der Waals surface area (Å²) in [6, 6.07) is 0. The first-order valence-electron chi connectivity index (χ1n) is 6.67. The Balaban J connectivity index is 5.62. The fraction of sp³-hybridized carbons (Fsp3) is 0.400. The number of carbonyl (C=O) groups excluding carboxylic acids is 3. The Morgan fingerprint density at radius 2 is 1.26 bits per heavy atom. The molecule has 6 nitrogen and oxygen atoms in total. The monoisotopic (exact) mass is 360 g/mol. The molecule has 0 aliphatic heterocycles. The summed E-state index contributed by atoms with van der Waals surface area (Å²) < 4.78 is 15.6. The van der Waals surface area contributed by atoms with Gasteiger partial charge in [0.05, 0.1) is 0 Å². The zero-order valence-electron chi connectivity index (χ0n) is 13.7. The third kappa shape index (κ3) is 6.03. The highest BCUT2D eigenvalue weighted by atomic mass is 35.6. The Morgan fingerprint density at radius 3 is 1.52 bits per heavy atom. The molecule has 0 saturated carbocycles. The molecule has 0 rings (SSSR count). The summed E-state index contributed by atoms with van der Waals surface area (Å²) in [5, 5.41) is 0. The van der Waals surface area contributed by atoms with E-state index < -0.39 is 38.3 Å². The van der Waals surface area contributed by atoms with Crippen LogP contribution in [0.1, 0.15) is 27.7 Å². The molecular formula is C15H21ClO6Si. The third-order valence-corrected chi connectivity index (χ3v) is 5.02. The van der Waals surface area contributed by atoms with E-state index in [2.05, 4.69) is 19.7 Å². The number of esters is 3. The van der Waals surface area contributed by atoms with Gasteiger partial charge in [-0.1, -0.05) is 19.7 Å². The minimum absolute atomic E-state index is 0.0818. The summed E-state index contributed by atoms with van der Waals surface area (Å²) in [6.07, 6.45) is -1.12. The van der Waals surface area contributed by atoms with E-state index in [4.69, 9.17) is 25.3 Å². The fourth-order valence-corrected chi connectivity index (χ4v) is 2.84. The Hall–Kier alpha value is -1.86. The van der Waals surface area contributed by atoms with Crippen LogP contribution in [0.5, 0.6) is 0 Å². The van der Waals surface area contributed by atoms with Crippen molar-refractivity contribution < 1.29 is 28.6 Å². The van der Waals surface area contributed by atoms with Crippen LogP contribution in [0.4, 0.5) is 0 Å². The predicted octanol–water partition coefficient (Wildman–Crippen LogP) is 1.71. The number of carbonyl (C=O) groups is 3. The third-order valence-electron chi connectivity index (χ3n) is 2.67. The maximum absolute atomic E-state index is 11.9. The molecule has 8 heteroatoms. The van der Waals surface area contributed by atoms with Crippen LogP contribution in [0.3, 0.4) is 0 Å². The summed E-state index contributed by atoms with van der Waals surface area (Å²) in [6.45, 7) is 16.1. The Kier molecular flexibility index (Phi) is 7.98. The molecule has 128 valence electrons. The number of ether oxygens (including phenoxy) is 3. The molecule has 0 aromatic carbocycles. The zero-order valence-corrected chi connectivity index (χ0v) is 15.9. The molecule has 1 atom stereocenters. The van der Waals surface area contributed by atoms with Crippen molar-refractivity contribution >= 4 is 37.8 Å². The summed E-state index contributed by atoms with van der Waals surface area (Å²) in [5.74, 6) is -2.35. The minimum atomic E-state index is -1.88. The molecule has 0 bridgehead atoms. The Labute approximate surface area is 142 Å². The second-order valence-corrected chi connectivity index (χ2v) is 7.17. The molecule has 0 saturated heterocycles. The molecule has 0 aliphatic carbocycles. The molecule has 0 aromatic heterocycles. The van der Waals surface area contributed by atoms with E-state index in [1.54, 1.807) is 0 Å². The van der Waals surface area contributed by atoms with E-state index in [1.165, 1.54) is 27.7 Å². The summed E-state index contributed by atoms with van der Waals surface area (Å²) in [4.78, 5) is 35.4. The van der Waals surface area contributed by atoms with Gasteiger partial charge in [0.15, 0.2) is 6.10 Å². The number of hydrogen-bond donors (Lipinski definition) is 0. The molecule has 0 N–H and O–H groups in total. The number of rotatable bonds is 8. The lowest BCUT2D eigenvalue weighted by Crippen LogP contribution is -2.54. The van der Waals surface area contributed by atoms with Gasteiger partial charge in [0.2, 0.25) is 8.83 Å². The van der Waals surface area contributed by atoms with Crippen molar-refractivity contribution in [3.63, 3.8) is 0 Å². The van der Waals surface area contributed by atoms with Gasteiger partial charge < -0.3 is 14.2 Å². The maximum Gasteiger partial charge on any atom is 0.336 e. The predicted molar refractivity (Wildman–Crippen MR) is 89.3 cm³/mol. The molecule has 0 heterocycles. The highest BCUT2D eigenvalue weighted by molar-refractivity contribution is 6.95. The average molecular weight is 361 g/mol. The number of hydrogen-bond acceptors (Lipinski definition) is 6. The molecule has 0 fully saturated rings. The molecule has 0 aliphatic rings. The van der Waals surface area contributed by atoms with E-state index in [1.807, 2.05) is 0 Å². The maximum atomic E-state index is 11.9. The second kappa shape index (κ2) is 8.69. The van der Waals surface area contributed by atoms with Crippen molar-refractivity contribution in [3.8, 4) is 0 Å². The van der Waals surface area contributed by atoms with Crippen LogP contribution < -0.4 is 0 Å². The number of halogens is 1. The Morgan fingerprint density at radius 1 is 0.913 bits per heavy atom. The first-order chi connectivity index (χ1) is 10.5. The first-order valence-corrected chi connectivity index (χ1v) is 9.51. The molecule has 0 radical (unpaired) electrons. The summed E-state index contributed by atoms with van der Waals surface area (Å²) in [5.41, 5.74) is -1.57. The lowest BCUT2D eigenvalue weighted by atomic mass is 10.3. The molecule has 0 spiro atoms. The summed E-state index contributed by atoms with van der Waals surface area (Å²) >= 11 is 5.99. The SMILES string of the molecule is C=C(C)C(=O)OC(C)C(OC(=O)C(=C)C)(OC(=O)C(=C)C)[SiH2]Cl. The van der Waals surface area contributed by atoms with Gasteiger partial charge in [-0.25, -0.2) is 14.4 Å². The van der Waals surface area contributed by atoms with Crippen LogP contribution in [0.2, 0.25) is 0 Å². The van der Waals surface area contributed by atoms with Crippen molar-refractivity contribution in [2.45, 2.75) is 39.2 Å². The standard InChI is InChI=1S/C15H21ClO6Si/c1-8(2)12(17)20-11(7)15(23-16,21-13(18)9(3)4)22-14(19)10(5)6/h11H,1,3,5,23H2,2,4,6-7H3. The van der Waals surface area contributed by atoms with E-state index in [-0.39, 0.29) is 16.7 Å². The fourth-order valence-electron chi connectivity index (χ4n) is 1.19. The molecule has 23 heavy (non-hydrogen) atoms. The largest absolute Gasteiger partial charge is 0.451 e. The normalized spacial score (nSPS) is 12.4. The van der Waals surface area contributed by atoms with Crippen molar-refractivity contribution in [3.05, 3.63) is 36.5 Å². The van der Waals surface area contributed by atoms with Crippen LogP contribution in [0.25, 0.3) is 0 Å². The minimum Gasteiger partial charge on any atom is -0.451 e. The average Bonchev–Trinajstić information content (AvgIpc) is 2.45. The van der Waals surface area contributed by atoms with E-state index >= 15 is 0 Å². The lowest BCUT2D eigenvalue weighted by molar-refractivity contribution is -0.224. The van der Waals surface area contributed by atoms with Gasteiger partial charge in [0.1, 0.15) is 0 Å². The van der Waals surface area contributed by atoms with Gasteiger partial charge in [0, 0.05) is 16.7 Å². The van der Waals surface area contributed by atoms with Crippen molar-refractivity contribution in [2.75, 3.05) is 0 Å². The van der Waals surface area contributed by atoms with Crippen molar-refractivity contribution in [1.82, 2.24) is 0 Å². The zero-order chi connectivity index (χ0) is 18.4. The second-order valence-electron chi connectivity index (χ2n) is 5.11. The van der Waals surface area contributed by atoms with E-state index in [0.717, 1.165) is 0 Å². The quantitative estimate of drug-likeness (QED) is 0.215. The van der Waals surface area contributed by atoms with E-state index in [0.29, 0.717) is 0 Å². The molecular weight excluding hydrogens is 340 g/mol. The van der Waals surface area contributed by atoms with Crippen LogP contribution in [0.15, 0.2) is 36.5 Å². The highest BCUT2D eigenvalue weighted by Gasteiger charge is 2.46. The van der Waals surface area contributed by atoms with Crippen molar-refractivity contribution in [2.24, 2.45) is 0 Å². The van der Waals surface area contributed by atoms with Crippen LogP contribution >= 0.6 is 11.1 Å². The van der Waals surface area contributed by atoms with Crippen LogP contribution in [-0.4, -0.2) is 38.3 Å². The smallest absolute Gasteiger partial charge is 0.336 e. The van der Waals surface area contributed by atoms with Gasteiger partial charge in [-0.3, -0.25) is 0 Å². The molecule has 1 unspecified atom stereocenters. The molecule has 0 amide bonds. The van der Waals surface area contributed by atoms with Gasteiger partial charge in [0.25, 0.3) is 5.41 Å². The van der Waals surface area contributed by atoms with Crippen LogP contribution in [0, 0.1) is 0 Å². The van der Waals surface area contributed by atoms with E-state index in [9.17, 15) is 14.4 Å². The van der Waals surface area contributed by atoms with Gasteiger partial charge >= 0.3 is 17.9 Å². The topological polar surface area (TPSA) is 78.9 Å². The first kappa shape index (κ1) is 21.1. The van der Waals surface area contributed by atoms with Crippen molar-refractivity contribution in [1.29, 1.82) is 0 Å².